The zero-order valence-corrected chi connectivity index (χ0v) is 6.97. The van der Waals surface area contributed by atoms with Crippen molar-refractivity contribution in [1.29, 1.82) is 0 Å². The molecule has 0 heterocycles. The molecule has 0 saturated carbocycles. The summed E-state index contributed by atoms with van der Waals surface area (Å²) in [6.45, 7) is 7.31. The van der Waals surface area contributed by atoms with Crippen LogP contribution in [0.15, 0.2) is 12.2 Å². The fourth-order valence-electron chi connectivity index (χ4n) is 0.472. The molecule has 0 fully saturated rings. The number of carbonyl (C=O) groups excluding carboxylic acids is 1. The maximum Gasteiger partial charge on any atom is 0.330 e. The van der Waals surface area contributed by atoms with Gasteiger partial charge in [-0.2, -0.15) is 0 Å². The van der Waals surface area contributed by atoms with Gasteiger partial charge in [0, 0.05) is 6.08 Å². The van der Waals surface area contributed by atoms with E-state index in [1.165, 1.54) is 6.08 Å². The predicted molar refractivity (Wildman–Crippen MR) is 40.7 cm³/mol. The zero-order valence-electron chi connectivity index (χ0n) is 6.97. The lowest BCUT2D eigenvalue weighted by molar-refractivity contribution is -0.148. The van der Waals surface area contributed by atoms with Crippen molar-refractivity contribution in [2.75, 3.05) is 0 Å². The van der Waals surface area contributed by atoms with Gasteiger partial charge in [-0.15, -0.1) is 0 Å². The predicted octanol–water partition coefficient (Wildman–Crippen LogP) is 1.90. The summed E-state index contributed by atoms with van der Waals surface area (Å²) < 4.78 is 4.95. The van der Waals surface area contributed by atoms with Crippen molar-refractivity contribution in [3.8, 4) is 0 Å². The molecule has 0 aliphatic rings. The number of ether oxygens (including phenoxy) is 1. The summed E-state index contributed by atoms with van der Waals surface area (Å²) in [5.41, 5.74) is -0.378. The first-order valence-corrected chi connectivity index (χ1v) is 3.31. The summed E-state index contributed by atoms with van der Waals surface area (Å²) in [6, 6.07) is 0. The smallest absolute Gasteiger partial charge is 0.330 e. The first kappa shape index (κ1) is 9.21. The van der Waals surface area contributed by atoms with Gasteiger partial charge >= 0.3 is 5.97 Å². The molecule has 58 valence electrons. The second kappa shape index (κ2) is 3.40. The molecule has 0 rings (SSSR count). The Morgan fingerprint density at radius 2 is 1.90 bits per heavy atom. The van der Waals surface area contributed by atoms with Crippen molar-refractivity contribution >= 4 is 5.97 Å². The normalized spacial score (nSPS) is 12.0. The molecule has 2 heteroatoms. The highest BCUT2D eigenvalue weighted by Gasteiger charge is 2.13. The molecule has 0 aromatic heterocycles. The minimum Gasteiger partial charge on any atom is -0.457 e. The van der Waals surface area contributed by atoms with Crippen LogP contribution >= 0.6 is 0 Å². The Balaban J connectivity index is 3.81. The Bertz CT molecular complexity index is 140. The van der Waals surface area contributed by atoms with Crippen LogP contribution in [0.3, 0.4) is 0 Å². The molecule has 0 saturated heterocycles. The van der Waals surface area contributed by atoms with Gasteiger partial charge < -0.3 is 4.74 Å². The molecule has 0 aliphatic carbocycles. The van der Waals surface area contributed by atoms with E-state index >= 15 is 0 Å². The summed E-state index contributed by atoms with van der Waals surface area (Å²) in [5.74, 6) is -0.282. The second-order valence-electron chi connectivity index (χ2n) is 3.03. The lowest BCUT2D eigenvalue weighted by atomic mass is 10.2. The van der Waals surface area contributed by atoms with Crippen molar-refractivity contribution in [1.82, 2.24) is 0 Å². The SMILES string of the molecule is C/C=C\C(=O)OC(C)(C)C. The van der Waals surface area contributed by atoms with E-state index in [-0.39, 0.29) is 11.6 Å². The van der Waals surface area contributed by atoms with Crippen LogP contribution in [0.1, 0.15) is 27.7 Å². The molecular weight excluding hydrogens is 128 g/mol. The van der Waals surface area contributed by atoms with Crippen molar-refractivity contribution < 1.29 is 9.53 Å². The molecule has 0 atom stereocenters. The fraction of sp³-hybridized carbons (Fsp3) is 0.625. The molecule has 0 spiro atoms. The molecule has 0 N–H and O–H groups in total. The van der Waals surface area contributed by atoms with Gasteiger partial charge in [-0.25, -0.2) is 4.79 Å². The monoisotopic (exact) mass is 142 g/mol. The molecule has 2 nitrogen and oxygen atoms in total. The van der Waals surface area contributed by atoms with Gasteiger partial charge in [-0.3, -0.25) is 0 Å². The molecule has 0 aromatic rings. The molecule has 0 aromatic carbocycles. The van der Waals surface area contributed by atoms with Crippen LogP contribution in [0, 0.1) is 0 Å². The Hall–Kier alpha value is -0.790. The molecule has 0 aliphatic heterocycles. The van der Waals surface area contributed by atoms with Gasteiger partial charge in [0.1, 0.15) is 5.60 Å². The third kappa shape index (κ3) is 5.35. The maximum absolute atomic E-state index is 10.7. The number of allylic oxidation sites excluding steroid dienone is 1. The van der Waals surface area contributed by atoms with Crippen molar-refractivity contribution in [2.45, 2.75) is 33.3 Å². The third-order valence-electron chi connectivity index (χ3n) is 0.710. The van der Waals surface area contributed by atoms with Crippen LogP contribution < -0.4 is 0 Å². The van der Waals surface area contributed by atoms with Crippen molar-refractivity contribution in [2.24, 2.45) is 0 Å². The van der Waals surface area contributed by atoms with E-state index in [0.29, 0.717) is 0 Å². The largest absolute Gasteiger partial charge is 0.457 e. The molecule has 0 radical (unpaired) electrons. The minimum atomic E-state index is -0.378. The van der Waals surface area contributed by atoms with Crippen LogP contribution in [0.2, 0.25) is 0 Å². The highest BCUT2D eigenvalue weighted by molar-refractivity contribution is 5.82. The van der Waals surface area contributed by atoms with Gasteiger partial charge in [0.2, 0.25) is 0 Å². The van der Waals surface area contributed by atoms with Crippen LogP contribution in [0.25, 0.3) is 0 Å². The summed E-state index contributed by atoms with van der Waals surface area (Å²) >= 11 is 0. The van der Waals surface area contributed by atoms with Gasteiger partial charge in [0.15, 0.2) is 0 Å². The van der Waals surface area contributed by atoms with E-state index in [1.807, 2.05) is 20.8 Å². The molecule has 0 unspecified atom stereocenters. The lowest BCUT2D eigenvalue weighted by Crippen LogP contribution is -2.22. The van der Waals surface area contributed by atoms with Crippen LogP contribution in [-0.2, 0) is 9.53 Å². The summed E-state index contributed by atoms with van der Waals surface area (Å²) in [5, 5.41) is 0. The average molecular weight is 142 g/mol. The van der Waals surface area contributed by atoms with Crippen LogP contribution in [-0.4, -0.2) is 11.6 Å². The Morgan fingerprint density at radius 3 is 2.20 bits per heavy atom. The standard InChI is InChI=1S/C8H14O2/c1-5-6-7(9)10-8(2,3)4/h5-6H,1-4H3/b6-5-. The number of carbonyl (C=O) groups is 1. The molecular formula is C8H14O2. The first-order chi connectivity index (χ1) is 4.45. The van der Waals surface area contributed by atoms with E-state index in [1.54, 1.807) is 13.0 Å². The topological polar surface area (TPSA) is 26.3 Å². The Labute approximate surface area is 61.9 Å². The number of hydrogen-bond donors (Lipinski definition) is 0. The van der Waals surface area contributed by atoms with Gasteiger partial charge in [0.25, 0.3) is 0 Å². The number of esters is 1. The van der Waals surface area contributed by atoms with Crippen molar-refractivity contribution in [3.63, 3.8) is 0 Å². The third-order valence-corrected chi connectivity index (χ3v) is 0.710. The molecule has 0 amide bonds. The second-order valence-corrected chi connectivity index (χ2v) is 3.03. The fourth-order valence-corrected chi connectivity index (χ4v) is 0.472. The van der Waals surface area contributed by atoms with Crippen LogP contribution in [0.4, 0.5) is 0 Å². The minimum absolute atomic E-state index is 0.282. The van der Waals surface area contributed by atoms with E-state index in [2.05, 4.69) is 0 Å². The first-order valence-electron chi connectivity index (χ1n) is 3.31. The number of hydrogen-bond acceptors (Lipinski definition) is 2. The quantitative estimate of drug-likeness (QED) is 0.413. The molecule has 0 bridgehead atoms. The van der Waals surface area contributed by atoms with Crippen LogP contribution in [0.5, 0.6) is 0 Å². The van der Waals surface area contributed by atoms with E-state index < -0.39 is 0 Å². The number of rotatable bonds is 1. The summed E-state index contributed by atoms with van der Waals surface area (Å²) in [4.78, 5) is 10.7. The van der Waals surface area contributed by atoms with Gasteiger partial charge in [0.05, 0.1) is 0 Å². The van der Waals surface area contributed by atoms with E-state index in [4.69, 9.17) is 4.74 Å². The average Bonchev–Trinajstić information content (AvgIpc) is 1.59. The van der Waals surface area contributed by atoms with E-state index in [0.717, 1.165) is 0 Å². The van der Waals surface area contributed by atoms with Gasteiger partial charge in [-0.05, 0) is 27.7 Å². The maximum atomic E-state index is 10.7. The van der Waals surface area contributed by atoms with Gasteiger partial charge in [-0.1, -0.05) is 6.08 Å². The summed E-state index contributed by atoms with van der Waals surface area (Å²) in [6.07, 6.45) is 3.07. The molecule has 10 heavy (non-hydrogen) atoms. The zero-order chi connectivity index (χ0) is 8.20. The van der Waals surface area contributed by atoms with Crippen molar-refractivity contribution in [3.05, 3.63) is 12.2 Å². The Kier molecular flexibility index (Phi) is 3.13. The highest BCUT2D eigenvalue weighted by Crippen LogP contribution is 2.06. The Morgan fingerprint density at radius 1 is 1.40 bits per heavy atom. The van der Waals surface area contributed by atoms with E-state index in [9.17, 15) is 4.79 Å². The summed E-state index contributed by atoms with van der Waals surface area (Å²) in [7, 11) is 0. The highest BCUT2D eigenvalue weighted by atomic mass is 16.6. The lowest BCUT2D eigenvalue weighted by Gasteiger charge is -2.17.